The standard InChI is InChI=1S/C26H23ClN2O4/c1-4-33-22-8-6-5-7-20(22)28-24-23(17-11-9-16(2)10-12-17)25(30)29(26(24)31)18-13-14-21(32-3)19(27)15-18/h5-15,28H,4H2,1-3H3. The Hall–Kier alpha value is -3.77. The van der Waals surface area contributed by atoms with Crippen molar-refractivity contribution in [1.29, 1.82) is 0 Å². The van der Waals surface area contributed by atoms with Crippen LogP contribution < -0.4 is 19.7 Å². The Labute approximate surface area is 197 Å². The molecule has 0 aliphatic carbocycles. The highest BCUT2D eigenvalue weighted by molar-refractivity contribution is 6.46. The van der Waals surface area contributed by atoms with Crippen LogP contribution in [0.3, 0.4) is 0 Å². The number of hydrogen-bond acceptors (Lipinski definition) is 5. The van der Waals surface area contributed by atoms with Gasteiger partial charge in [0, 0.05) is 0 Å². The lowest BCUT2D eigenvalue weighted by Crippen LogP contribution is -2.32. The number of nitrogens with one attached hydrogen (secondary N) is 1. The molecule has 1 aliphatic heterocycles. The van der Waals surface area contributed by atoms with Crippen LogP contribution in [-0.2, 0) is 9.59 Å². The summed E-state index contributed by atoms with van der Waals surface area (Å²) in [6.07, 6.45) is 0. The van der Waals surface area contributed by atoms with Crippen LogP contribution in [0.4, 0.5) is 11.4 Å². The summed E-state index contributed by atoms with van der Waals surface area (Å²) in [6.45, 7) is 4.31. The normalized spacial score (nSPS) is 13.5. The highest BCUT2D eigenvalue weighted by Gasteiger charge is 2.40. The molecule has 168 valence electrons. The van der Waals surface area contributed by atoms with Gasteiger partial charge in [0.25, 0.3) is 11.8 Å². The fraction of sp³-hybridized carbons (Fsp3) is 0.154. The van der Waals surface area contributed by atoms with Gasteiger partial charge in [-0.3, -0.25) is 9.59 Å². The molecule has 0 atom stereocenters. The first-order chi connectivity index (χ1) is 15.9. The third kappa shape index (κ3) is 4.30. The van der Waals surface area contributed by atoms with Gasteiger partial charge < -0.3 is 14.8 Å². The van der Waals surface area contributed by atoms with Gasteiger partial charge in [0.15, 0.2) is 0 Å². The zero-order valence-corrected chi connectivity index (χ0v) is 19.3. The number of anilines is 2. The van der Waals surface area contributed by atoms with Crippen LogP contribution in [0.15, 0.2) is 72.4 Å². The number of hydrogen-bond donors (Lipinski definition) is 1. The van der Waals surface area contributed by atoms with E-state index in [0.717, 1.165) is 10.5 Å². The second-order valence-corrected chi connectivity index (χ2v) is 7.84. The number of carbonyl (C=O) groups is 2. The molecule has 1 heterocycles. The number of halogens is 1. The first-order valence-electron chi connectivity index (χ1n) is 10.5. The van der Waals surface area contributed by atoms with Crippen LogP contribution in [0.1, 0.15) is 18.1 Å². The fourth-order valence-electron chi connectivity index (χ4n) is 3.65. The molecule has 0 saturated heterocycles. The van der Waals surface area contributed by atoms with Crippen molar-refractivity contribution in [3.05, 3.63) is 88.6 Å². The summed E-state index contributed by atoms with van der Waals surface area (Å²) in [5, 5.41) is 3.46. The molecule has 1 N–H and O–H groups in total. The van der Waals surface area contributed by atoms with E-state index >= 15 is 0 Å². The van der Waals surface area contributed by atoms with Crippen molar-refractivity contribution in [1.82, 2.24) is 0 Å². The molecule has 0 fully saturated rings. The molecule has 0 bridgehead atoms. The van der Waals surface area contributed by atoms with E-state index in [9.17, 15) is 9.59 Å². The Morgan fingerprint density at radius 3 is 2.33 bits per heavy atom. The van der Waals surface area contributed by atoms with Gasteiger partial charge in [-0.15, -0.1) is 0 Å². The topological polar surface area (TPSA) is 67.9 Å². The Kier molecular flexibility index (Phi) is 6.38. The van der Waals surface area contributed by atoms with Crippen molar-refractivity contribution < 1.29 is 19.1 Å². The van der Waals surface area contributed by atoms with E-state index in [2.05, 4.69) is 5.32 Å². The fourth-order valence-corrected chi connectivity index (χ4v) is 3.90. The molecule has 0 aromatic heterocycles. The van der Waals surface area contributed by atoms with E-state index < -0.39 is 11.8 Å². The molecular formula is C26H23ClN2O4. The number of benzene rings is 3. The minimum absolute atomic E-state index is 0.169. The Morgan fingerprint density at radius 2 is 1.67 bits per heavy atom. The van der Waals surface area contributed by atoms with Crippen molar-refractivity contribution >= 4 is 40.4 Å². The van der Waals surface area contributed by atoms with Crippen LogP contribution >= 0.6 is 11.6 Å². The maximum atomic E-state index is 13.6. The minimum atomic E-state index is -0.483. The van der Waals surface area contributed by atoms with Crippen molar-refractivity contribution in [3.8, 4) is 11.5 Å². The van der Waals surface area contributed by atoms with Crippen LogP contribution in [0.25, 0.3) is 5.57 Å². The Morgan fingerprint density at radius 1 is 0.939 bits per heavy atom. The monoisotopic (exact) mass is 462 g/mol. The number of ether oxygens (including phenoxy) is 2. The molecule has 0 saturated carbocycles. The van der Waals surface area contributed by atoms with Gasteiger partial charge in [0.05, 0.1) is 35.7 Å². The van der Waals surface area contributed by atoms with Crippen LogP contribution in [0, 0.1) is 6.92 Å². The predicted molar refractivity (Wildman–Crippen MR) is 130 cm³/mol. The minimum Gasteiger partial charge on any atom is -0.495 e. The van der Waals surface area contributed by atoms with Gasteiger partial charge >= 0.3 is 0 Å². The highest BCUT2D eigenvalue weighted by atomic mass is 35.5. The quantitative estimate of drug-likeness (QED) is 0.473. The summed E-state index contributed by atoms with van der Waals surface area (Å²) in [5.41, 5.74) is 3.08. The maximum absolute atomic E-state index is 13.6. The molecule has 7 heteroatoms. The number of rotatable bonds is 7. The van der Waals surface area contributed by atoms with E-state index in [1.807, 2.05) is 50.2 Å². The average Bonchev–Trinajstić information content (AvgIpc) is 3.05. The largest absolute Gasteiger partial charge is 0.495 e. The molecule has 4 rings (SSSR count). The second kappa shape index (κ2) is 9.38. The number of para-hydroxylation sites is 2. The second-order valence-electron chi connectivity index (χ2n) is 7.43. The summed E-state index contributed by atoms with van der Waals surface area (Å²) in [7, 11) is 1.50. The van der Waals surface area contributed by atoms with Gasteiger partial charge in [0.2, 0.25) is 0 Å². The molecule has 1 aliphatic rings. The molecule has 2 amide bonds. The number of carbonyl (C=O) groups excluding carboxylic acids is 2. The van der Waals surface area contributed by atoms with Crippen LogP contribution in [-0.4, -0.2) is 25.5 Å². The molecule has 33 heavy (non-hydrogen) atoms. The first kappa shape index (κ1) is 22.4. The van der Waals surface area contributed by atoms with Crippen LogP contribution in [0.5, 0.6) is 11.5 Å². The van der Waals surface area contributed by atoms with E-state index in [-0.39, 0.29) is 11.3 Å². The lowest BCUT2D eigenvalue weighted by molar-refractivity contribution is -0.120. The maximum Gasteiger partial charge on any atom is 0.282 e. The number of methoxy groups -OCH3 is 1. The molecule has 0 spiro atoms. The zero-order chi connectivity index (χ0) is 23.5. The highest BCUT2D eigenvalue weighted by Crippen LogP contribution is 2.37. The van der Waals surface area contributed by atoms with Crippen molar-refractivity contribution in [2.75, 3.05) is 23.9 Å². The lowest BCUT2D eigenvalue weighted by Gasteiger charge is -2.17. The van der Waals surface area contributed by atoms with Crippen LogP contribution in [0.2, 0.25) is 5.02 Å². The van der Waals surface area contributed by atoms with Gasteiger partial charge in [0.1, 0.15) is 17.2 Å². The third-order valence-electron chi connectivity index (χ3n) is 5.26. The Balaban J connectivity index is 1.82. The smallest absolute Gasteiger partial charge is 0.282 e. The lowest BCUT2D eigenvalue weighted by atomic mass is 10.0. The van der Waals surface area contributed by atoms with Crippen molar-refractivity contribution in [2.45, 2.75) is 13.8 Å². The van der Waals surface area contributed by atoms with E-state index in [1.54, 1.807) is 30.3 Å². The molecule has 3 aromatic rings. The van der Waals surface area contributed by atoms with E-state index in [1.165, 1.54) is 7.11 Å². The number of amides is 2. The molecule has 0 unspecified atom stereocenters. The van der Waals surface area contributed by atoms with Gasteiger partial charge in [-0.25, -0.2) is 4.90 Å². The van der Waals surface area contributed by atoms with Crippen molar-refractivity contribution in [3.63, 3.8) is 0 Å². The molecule has 0 radical (unpaired) electrons. The van der Waals surface area contributed by atoms with E-state index in [4.69, 9.17) is 21.1 Å². The zero-order valence-electron chi connectivity index (χ0n) is 18.5. The summed E-state index contributed by atoms with van der Waals surface area (Å²) in [6, 6.07) is 19.5. The average molecular weight is 463 g/mol. The van der Waals surface area contributed by atoms with Gasteiger partial charge in [-0.1, -0.05) is 53.6 Å². The molecule has 3 aromatic carbocycles. The summed E-state index contributed by atoms with van der Waals surface area (Å²) < 4.78 is 10.9. The first-order valence-corrected chi connectivity index (χ1v) is 10.8. The molecule has 6 nitrogen and oxygen atoms in total. The number of aryl methyl sites for hydroxylation is 1. The summed E-state index contributed by atoms with van der Waals surface area (Å²) in [4.78, 5) is 28.3. The number of imide groups is 1. The van der Waals surface area contributed by atoms with Gasteiger partial charge in [-0.2, -0.15) is 0 Å². The Bertz CT molecular complexity index is 1250. The van der Waals surface area contributed by atoms with Crippen molar-refractivity contribution in [2.24, 2.45) is 0 Å². The van der Waals surface area contributed by atoms with E-state index in [0.29, 0.717) is 40.1 Å². The van der Waals surface area contributed by atoms with Gasteiger partial charge in [-0.05, 0) is 49.7 Å². The molecular weight excluding hydrogens is 440 g/mol. The predicted octanol–water partition coefficient (Wildman–Crippen LogP) is 5.45. The summed E-state index contributed by atoms with van der Waals surface area (Å²) >= 11 is 6.28. The third-order valence-corrected chi connectivity index (χ3v) is 5.56. The summed E-state index contributed by atoms with van der Waals surface area (Å²) in [5.74, 6) is 0.113. The number of nitrogens with zero attached hydrogens (tertiary/aromatic N) is 1. The SMILES string of the molecule is CCOc1ccccc1NC1=C(c2ccc(C)cc2)C(=O)N(c2ccc(OC)c(Cl)c2)C1=O.